The number of aliphatic hydroxyl groups excluding tert-OH is 1. The third kappa shape index (κ3) is 2.04. The third-order valence-electron chi connectivity index (χ3n) is 2.36. The van der Waals surface area contributed by atoms with Gasteiger partial charge in [-0.15, -0.1) is 0 Å². The van der Waals surface area contributed by atoms with Gasteiger partial charge in [-0.05, 0) is 19.1 Å². The van der Waals surface area contributed by atoms with Gasteiger partial charge in [0, 0.05) is 17.0 Å². The summed E-state index contributed by atoms with van der Waals surface area (Å²) in [5.41, 5.74) is 1.38. The molecule has 84 valence electrons. The molecule has 0 radical (unpaired) electrons. The molecule has 2 aromatic rings. The van der Waals surface area contributed by atoms with Crippen molar-refractivity contribution in [3.05, 3.63) is 30.0 Å². The molecule has 0 unspecified atom stereocenters. The first kappa shape index (κ1) is 10.6. The van der Waals surface area contributed by atoms with E-state index in [1.807, 2.05) is 6.07 Å². The van der Waals surface area contributed by atoms with Gasteiger partial charge in [0.15, 0.2) is 0 Å². The minimum atomic E-state index is -0.245. The minimum Gasteiger partial charge on any atom is -0.394 e. The summed E-state index contributed by atoms with van der Waals surface area (Å²) in [6, 6.07) is 5.06. The first-order chi connectivity index (χ1) is 7.70. The van der Waals surface area contributed by atoms with Crippen LogP contribution < -0.4 is 5.32 Å². The summed E-state index contributed by atoms with van der Waals surface area (Å²) in [7, 11) is 0. The maximum Gasteiger partial charge on any atom is 0.251 e. The molecule has 0 bridgehead atoms. The van der Waals surface area contributed by atoms with Gasteiger partial charge in [0.2, 0.25) is 0 Å². The molecule has 1 aromatic carbocycles. The monoisotopic (exact) mass is 219 g/mol. The summed E-state index contributed by atoms with van der Waals surface area (Å²) in [4.78, 5) is 11.7. The number of rotatable bonds is 3. The summed E-state index contributed by atoms with van der Waals surface area (Å²) in [5, 5.41) is 19.2. The lowest BCUT2D eigenvalue weighted by atomic mass is 10.1. The molecule has 3 N–H and O–H groups in total. The van der Waals surface area contributed by atoms with Gasteiger partial charge in [0.05, 0.1) is 18.3 Å². The van der Waals surface area contributed by atoms with Gasteiger partial charge in [0.1, 0.15) is 0 Å². The number of nitrogens with one attached hydrogen (secondary N) is 2. The van der Waals surface area contributed by atoms with E-state index in [9.17, 15) is 4.79 Å². The maximum absolute atomic E-state index is 11.7. The number of carbonyl (C=O) groups excluding carboxylic acids is 1. The number of hydrogen-bond donors (Lipinski definition) is 3. The molecule has 0 saturated carbocycles. The Morgan fingerprint density at radius 3 is 3.19 bits per heavy atom. The number of carbonyl (C=O) groups is 1. The summed E-state index contributed by atoms with van der Waals surface area (Å²) in [6.07, 6.45) is 1.70. The smallest absolute Gasteiger partial charge is 0.251 e. The average molecular weight is 219 g/mol. The van der Waals surface area contributed by atoms with Crippen molar-refractivity contribution in [3.8, 4) is 0 Å². The van der Waals surface area contributed by atoms with Crippen LogP contribution in [0.15, 0.2) is 24.4 Å². The highest BCUT2D eigenvalue weighted by molar-refractivity contribution is 5.97. The number of amides is 1. The van der Waals surface area contributed by atoms with Gasteiger partial charge < -0.3 is 10.4 Å². The number of hydrogen-bond acceptors (Lipinski definition) is 3. The molecule has 1 heterocycles. The summed E-state index contributed by atoms with van der Waals surface area (Å²) < 4.78 is 0. The van der Waals surface area contributed by atoms with E-state index in [0.717, 1.165) is 10.9 Å². The SMILES string of the molecule is C[C@H](CO)NC(=O)c1ccc2cn[nH]c2c1. The van der Waals surface area contributed by atoms with Gasteiger partial charge >= 0.3 is 0 Å². The predicted molar refractivity (Wildman–Crippen MR) is 60.1 cm³/mol. The number of H-pyrrole nitrogens is 1. The number of benzene rings is 1. The molecule has 1 aromatic heterocycles. The van der Waals surface area contributed by atoms with Crippen molar-refractivity contribution in [2.45, 2.75) is 13.0 Å². The molecule has 1 amide bonds. The summed E-state index contributed by atoms with van der Waals surface area (Å²) >= 11 is 0. The first-order valence-electron chi connectivity index (χ1n) is 5.05. The van der Waals surface area contributed by atoms with Crippen LogP contribution in [0, 0.1) is 0 Å². The number of aromatic nitrogens is 2. The Bertz CT molecular complexity index is 507. The van der Waals surface area contributed by atoms with Crippen molar-refractivity contribution in [2.24, 2.45) is 0 Å². The molecule has 1 atom stereocenters. The standard InChI is InChI=1S/C11H13N3O2/c1-7(6-15)13-11(16)8-2-3-9-5-12-14-10(9)4-8/h2-5,7,15H,6H2,1H3,(H,12,14)(H,13,16)/t7-/m1/s1. The van der Waals surface area contributed by atoms with Crippen molar-refractivity contribution in [1.82, 2.24) is 15.5 Å². The van der Waals surface area contributed by atoms with Crippen LogP contribution >= 0.6 is 0 Å². The second kappa shape index (κ2) is 4.32. The first-order valence-corrected chi connectivity index (χ1v) is 5.05. The van der Waals surface area contributed by atoms with Crippen molar-refractivity contribution >= 4 is 16.8 Å². The Balaban J connectivity index is 2.22. The van der Waals surface area contributed by atoms with Crippen LogP contribution in [-0.2, 0) is 0 Å². The highest BCUT2D eigenvalue weighted by Crippen LogP contribution is 2.12. The Kier molecular flexibility index (Phi) is 2.87. The lowest BCUT2D eigenvalue weighted by Crippen LogP contribution is -2.34. The van der Waals surface area contributed by atoms with Gasteiger partial charge in [-0.1, -0.05) is 6.07 Å². The Morgan fingerprint density at radius 1 is 1.62 bits per heavy atom. The maximum atomic E-state index is 11.7. The Morgan fingerprint density at radius 2 is 2.44 bits per heavy atom. The Labute approximate surface area is 92.5 Å². The van der Waals surface area contributed by atoms with Gasteiger partial charge in [-0.25, -0.2) is 0 Å². The van der Waals surface area contributed by atoms with E-state index in [1.54, 1.807) is 25.3 Å². The van der Waals surface area contributed by atoms with Gasteiger partial charge in [0.25, 0.3) is 5.91 Å². The predicted octanol–water partition coefficient (Wildman–Crippen LogP) is 0.674. The van der Waals surface area contributed by atoms with Gasteiger partial charge in [-0.3, -0.25) is 9.89 Å². The van der Waals surface area contributed by atoms with Crippen LogP contribution in [0.2, 0.25) is 0 Å². The molecule has 2 rings (SSSR count). The van der Waals surface area contributed by atoms with Crippen molar-refractivity contribution in [2.75, 3.05) is 6.61 Å². The van der Waals surface area contributed by atoms with Crippen LogP contribution in [-0.4, -0.2) is 33.9 Å². The highest BCUT2D eigenvalue weighted by Gasteiger charge is 2.09. The summed E-state index contributed by atoms with van der Waals surface area (Å²) in [5.74, 6) is -0.196. The van der Waals surface area contributed by atoms with E-state index in [1.165, 1.54) is 0 Å². The molecule has 0 spiro atoms. The molecule has 0 aliphatic rings. The van der Waals surface area contributed by atoms with Gasteiger partial charge in [-0.2, -0.15) is 5.10 Å². The van der Waals surface area contributed by atoms with Crippen molar-refractivity contribution in [1.29, 1.82) is 0 Å². The molecule has 0 aliphatic carbocycles. The Hall–Kier alpha value is -1.88. The van der Waals surface area contributed by atoms with E-state index in [4.69, 9.17) is 5.11 Å². The second-order valence-electron chi connectivity index (χ2n) is 3.73. The molecule has 0 fully saturated rings. The highest BCUT2D eigenvalue weighted by atomic mass is 16.3. The van der Waals surface area contributed by atoms with E-state index in [0.29, 0.717) is 5.56 Å². The molecular formula is C11H13N3O2. The molecule has 0 aliphatic heterocycles. The van der Waals surface area contributed by atoms with E-state index in [-0.39, 0.29) is 18.6 Å². The second-order valence-corrected chi connectivity index (χ2v) is 3.73. The fourth-order valence-electron chi connectivity index (χ4n) is 1.43. The topological polar surface area (TPSA) is 78.0 Å². The normalized spacial score (nSPS) is 12.6. The average Bonchev–Trinajstić information content (AvgIpc) is 2.75. The lowest BCUT2D eigenvalue weighted by Gasteiger charge is -2.10. The zero-order valence-electron chi connectivity index (χ0n) is 8.90. The van der Waals surface area contributed by atoms with Crippen molar-refractivity contribution < 1.29 is 9.90 Å². The molecule has 16 heavy (non-hydrogen) atoms. The van der Waals surface area contributed by atoms with E-state index >= 15 is 0 Å². The van der Waals surface area contributed by atoms with Crippen molar-refractivity contribution in [3.63, 3.8) is 0 Å². The number of nitrogens with zero attached hydrogens (tertiary/aromatic N) is 1. The summed E-state index contributed by atoms with van der Waals surface area (Å²) in [6.45, 7) is 1.67. The van der Waals surface area contributed by atoms with Crippen LogP contribution in [0.3, 0.4) is 0 Å². The van der Waals surface area contributed by atoms with Crippen LogP contribution in [0.4, 0.5) is 0 Å². The zero-order chi connectivity index (χ0) is 11.5. The fraction of sp³-hybridized carbons (Fsp3) is 0.273. The zero-order valence-corrected chi connectivity index (χ0v) is 8.90. The molecule has 0 saturated heterocycles. The number of aromatic amines is 1. The van der Waals surface area contributed by atoms with E-state index in [2.05, 4.69) is 15.5 Å². The quantitative estimate of drug-likeness (QED) is 0.710. The number of aliphatic hydroxyl groups is 1. The molecular weight excluding hydrogens is 206 g/mol. The van der Waals surface area contributed by atoms with Crippen LogP contribution in [0.5, 0.6) is 0 Å². The minimum absolute atomic E-state index is 0.0714. The third-order valence-corrected chi connectivity index (χ3v) is 2.36. The van der Waals surface area contributed by atoms with Crippen LogP contribution in [0.25, 0.3) is 10.9 Å². The lowest BCUT2D eigenvalue weighted by molar-refractivity contribution is 0.0922. The number of fused-ring (bicyclic) bond motifs is 1. The largest absolute Gasteiger partial charge is 0.394 e. The molecule has 5 heteroatoms. The van der Waals surface area contributed by atoms with Crippen LogP contribution in [0.1, 0.15) is 17.3 Å². The van der Waals surface area contributed by atoms with E-state index < -0.39 is 0 Å². The fourth-order valence-corrected chi connectivity index (χ4v) is 1.43. The molecule has 5 nitrogen and oxygen atoms in total.